The third kappa shape index (κ3) is 5.21. The Hall–Kier alpha value is -0.650. The van der Waals surface area contributed by atoms with Crippen LogP contribution in [0.3, 0.4) is 0 Å². The molecular formula is C17H27ClO4. The summed E-state index contributed by atoms with van der Waals surface area (Å²) in [7, 11) is 0. The molecule has 22 heavy (non-hydrogen) atoms. The average Bonchev–Trinajstić information content (AvgIpc) is 3.11. The summed E-state index contributed by atoms with van der Waals surface area (Å²) in [6.07, 6.45) is 7.92. The van der Waals surface area contributed by atoms with E-state index in [0.29, 0.717) is 6.42 Å². The minimum atomic E-state index is -1.33. The van der Waals surface area contributed by atoms with Crippen molar-refractivity contribution in [2.75, 3.05) is 6.61 Å². The highest BCUT2D eigenvalue weighted by Crippen LogP contribution is 2.46. The number of hydrogen-bond donors (Lipinski definition) is 3. The standard InChI is InChI=1S/C17H27ClO4/c1-4-5-6-8-13(12-18)9-7-10-22-17(11-14(17)19)15(20)16(2,3)21/h5-7,9,12,14-15,19-21H,4,8,10-11H2,1-3H3/b6-5+,9-7+,13-12+/t14-,15-,17-/m0/s1. The minimum absolute atomic E-state index is 0.232. The highest BCUT2D eigenvalue weighted by Gasteiger charge is 2.63. The largest absolute Gasteiger partial charge is 0.390 e. The lowest BCUT2D eigenvalue weighted by molar-refractivity contribution is -0.147. The van der Waals surface area contributed by atoms with Crippen LogP contribution in [-0.4, -0.2) is 45.3 Å². The second-order valence-corrected chi connectivity index (χ2v) is 6.43. The summed E-state index contributed by atoms with van der Waals surface area (Å²) >= 11 is 5.76. The van der Waals surface area contributed by atoms with Crippen molar-refractivity contribution in [1.29, 1.82) is 0 Å². The normalized spacial score (nSPS) is 27.8. The zero-order valence-electron chi connectivity index (χ0n) is 13.5. The molecule has 0 amide bonds. The number of hydrogen-bond acceptors (Lipinski definition) is 4. The maximum Gasteiger partial charge on any atom is 0.126 e. The summed E-state index contributed by atoms with van der Waals surface area (Å²) in [6, 6.07) is 0. The van der Waals surface area contributed by atoms with Gasteiger partial charge in [-0.05, 0) is 32.3 Å². The van der Waals surface area contributed by atoms with Crippen LogP contribution in [0.5, 0.6) is 0 Å². The smallest absolute Gasteiger partial charge is 0.126 e. The van der Waals surface area contributed by atoms with E-state index in [1.165, 1.54) is 19.4 Å². The Bertz CT molecular complexity index is 436. The summed E-state index contributed by atoms with van der Waals surface area (Å²) in [5.74, 6) is 0. The first-order chi connectivity index (χ1) is 10.3. The van der Waals surface area contributed by atoms with Crippen LogP contribution < -0.4 is 0 Å². The summed E-state index contributed by atoms with van der Waals surface area (Å²) in [6.45, 7) is 5.30. The molecule has 1 aliphatic rings. The number of halogens is 1. The summed E-state index contributed by atoms with van der Waals surface area (Å²) in [4.78, 5) is 0. The van der Waals surface area contributed by atoms with E-state index in [4.69, 9.17) is 16.3 Å². The van der Waals surface area contributed by atoms with Gasteiger partial charge in [-0.1, -0.05) is 42.8 Å². The van der Waals surface area contributed by atoms with Crippen molar-refractivity contribution >= 4 is 11.6 Å². The van der Waals surface area contributed by atoms with Gasteiger partial charge >= 0.3 is 0 Å². The average molecular weight is 331 g/mol. The van der Waals surface area contributed by atoms with Crippen LogP contribution in [0.2, 0.25) is 0 Å². The van der Waals surface area contributed by atoms with Crippen molar-refractivity contribution < 1.29 is 20.1 Å². The Labute approximate surface area is 137 Å². The van der Waals surface area contributed by atoms with Crippen LogP contribution in [0.4, 0.5) is 0 Å². The van der Waals surface area contributed by atoms with Crippen LogP contribution in [0, 0.1) is 0 Å². The fourth-order valence-corrected chi connectivity index (χ4v) is 2.47. The highest BCUT2D eigenvalue weighted by atomic mass is 35.5. The Kier molecular flexibility index (Phi) is 7.29. The summed E-state index contributed by atoms with van der Waals surface area (Å²) < 4.78 is 5.63. The van der Waals surface area contributed by atoms with Gasteiger partial charge in [-0.2, -0.15) is 0 Å². The maximum absolute atomic E-state index is 10.1. The molecule has 0 heterocycles. The lowest BCUT2D eigenvalue weighted by Gasteiger charge is -2.32. The van der Waals surface area contributed by atoms with Crippen molar-refractivity contribution in [1.82, 2.24) is 0 Å². The second kappa shape index (κ2) is 8.27. The molecule has 126 valence electrons. The minimum Gasteiger partial charge on any atom is -0.390 e. The summed E-state index contributed by atoms with van der Waals surface area (Å²) in [5, 5.41) is 29.8. The molecule has 4 nitrogen and oxygen atoms in total. The zero-order chi connectivity index (χ0) is 16.8. The predicted molar refractivity (Wildman–Crippen MR) is 88.7 cm³/mol. The molecule has 3 atom stereocenters. The van der Waals surface area contributed by atoms with Gasteiger partial charge in [0.1, 0.15) is 11.7 Å². The molecule has 5 heteroatoms. The van der Waals surface area contributed by atoms with Gasteiger partial charge in [0.25, 0.3) is 0 Å². The van der Waals surface area contributed by atoms with Crippen LogP contribution in [0.15, 0.2) is 35.4 Å². The fourth-order valence-electron chi connectivity index (χ4n) is 2.31. The first-order valence-electron chi connectivity index (χ1n) is 7.61. The van der Waals surface area contributed by atoms with Gasteiger partial charge in [-0.3, -0.25) is 0 Å². The molecule has 0 aromatic heterocycles. The first-order valence-corrected chi connectivity index (χ1v) is 8.04. The quantitative estimate of drug-likeness (QED) is 0.449. The van der Waals surface area contributed by atoms with Crippen molar-refractivity contribution in [2.45, 2.75) is 63.4 Å². The van der Waals surface area contributed by atoms with E-state index in [0.717, 1.165) is 18.4 Å². The maximum atomic E-state index is 10.1. The molecule has 0 radical (unpaired) electrons. The van der Waals surface area contributed by atoms with Gasteiger partial charge in [-0.25, -0.2) is 0 Å². The highest BCUT2D eigenvalue weighted by molar-refractivity contribution is 6.25. The molecule has 1 aliphatic carbocycles. The van der Waals surface area contributed by atoms with E-state index in [2.05, 4.69) is 13.0 Å². The van der Waals surface area contributed by atoms with Crippen molar-refractivity contribution in [3.63, 3.8) is 0 Å². The number of allylic oxidation sites excluding steroid dienone is 4. The Morgan fingerprint density at radius 3 is 2.50 bits per heavy atom. The predicted octanol–water partition coefficient (Wildman–Crippen LogP) is 2.67. The van der Waals surface area contributed by atoms with Gasteiger partial charge in [0.15, 0.2) is 0 Å². The van der Waals surface area contributed by atoms with Crippen LogP contribution in [0.25, 0.3) is 0 Å². The van der Waals surface area contributed by atoms with Crippen LogP contribution in [0.1, 0.15) is 40.0 Å². The van der Waals surface area contributed by atoms with Crippen LogP contribution in [-0.2, 0) is 4.74 Å². The lowest BCUT2D eigenvalue weighted by Crippen LogP contribution is -2.49. The van der Waals surface area contributed by atoms with Crippen molar-refractivity contribution in [2.24, 2.45) is 0 Å². The number of aliphatic hydroxyl groups is 3. The topological polar surface area (TPSA) is 69.9 Å². The lowest BCUT2D eigenvalue weighted by atomic mass is 9.95. The van der Waals surface area contributed by atoms with Gasteiger partial charge in [0.2, 0.25) is 0 Å². The second-order valence-electron chi connectivity index (χ2n) is 6.21. The molecule has 0 aliphatic heterocycles. The van der Waals surface area contributed by atoms with Gasteiger partial charge in [0, 0.05) is 12.0 Å². The van der Waals surface area contributed by atoms with E-state index < -0.39 is 23.4 Å². The van der Waals surface area contributed by atoms with Gasteiger partial charge < -0.3 is 20.1 Å². The Balaban J connectivity index is 2.51. The van der Waals surface area contributed by atoms with Crippen LogP contribution >= 0.6 is 11.6 Å². The van der Waals surface area contributed by atoms with E-state index in [-0.39, 0.29) is 6.61 Å². The molecule has 1 saturated carbocycles. The van der Waals surface area contributed by atoms with E-state index in [1.807, 2.05) is 12.2 Å². The molecule has 1 fully saturated rings. The number of aliphatic hydroxyl groups excluding tert-OH is 2. The monoisotopic (exact) mass is 330 g/mol. The van der Waals surface area contributed by atoms with Crippen molar-refractivity contribution in [3.05, 3.63) is 35.4 Å². The third-order valence-corrected chi connectivity index (χ3v) is 4.00. The fraction of sp³-hybridized carbons (Fsp3) is 0.647. The molecule has 0 bridgehead atoms. The Morgan fingerprint density at radius 1 is 1.41 bits per heavy atom. The van der Waals surface area contributed by atoms with E-state index in [1.54, 1.807) is 6.08 Å². The first kappa shape index (κ1) is 19.4. The van der Waals surface area contributed by atoms with Gasteiger partial charge in [0.05, 0.1) is 18.3 Å². The summed E-state index contributed by atoms with van der Waals surface area (Å²) in [5.41, 5.74) is 0.0655. The van der Waals surface area contributed by atoms with Gasteiger partial charge in [-0.15, -0.1) is 0 Å². The molecule has 0 unspecified atom stereocenters. The molecule has 0 aromatic rings. The van der Waals surface area contributed by atoms with E-state index >= 15 is 0 Å². The molecular weight excluding hydrogens is 304 g/mol. The van der Waals surface area contributed by atoms with E-state index in [9.17, 15) is 15.3 Å². The number of ether oxygens (including phenoxy) is 1. The zero-order valence-corrected chi connectivity index (χ0v) is 14.3. The molecule has 0 aromatic carbocycles. The number of rotatable bonds is 9. The molecule has 0 spiro atoms. The molecule has 1 rings (SSSR count). The SMILES string of the molecule is CC/C=C/CC(/C=C/CO[C@@]1([C@@H](O)C(C)(C)O)C[C@@H]1O)=C\Cl. The van der Waals surface area contributed by atoms with Crippen molar-refractivity contribution in [3.8, 4) is 0 Å². The third-order valence-electron chi connectivity index (χ3n) is 3.72. The Morgan fingerprint density at radius 2 is 2.05 bits per heavy atom. The molecule has 0 saturated heterocycles. The molecule has 3 N–H and O–H groups in total.